The van der Waals surface area contributed by atoms with E-state index in [1.165, 1.54) is 30.2 Å². The Morgan fingerprint density at radius 1 is 1.05 bits per heavy atom. The molecule has 0 amide bonds. The van der Waals surface area contributed by atoms with Gasteiger partial charge in [-0.3, -0.25) is 4.98 Å². The first-order valence-corrected chi connectivity index (χ1v) is 7.35. The topological polar surface area (TPSA) is 33.1 Å². The fourth-order valence-corrected chi connectivity index (χ4v) is 3.22. The van der Waals surface area contributed by atoms with Gasteiger partial charge in [-0.15, -0.1) is 0 Å². The lowest BCUT2D eigenvalue weighted by molar-refractivity contribution is 0.101. The highest BCUT2D eigenvalue weighted by atomic mass is 16.3. The number of benzene rings is 1. The Kier molecular flexibility index (Phi) is 3.79. The Bertz CT molecular complexity index is 546. The minimum absolute atomic E-state index is 0.130. The molecule has 19 heavy (non-hydrogen) atoms. The van der Waals surface area contributed by atoms with Crippen molar-refractivity contribution in [3.05, 3.63) is 42.1 Å². The van der Waals surface area contributed by atoms with Gasteiger partial charge in [-0.2, -0.15) is 0 Å². The van der Waals surface area contributed by atoms with E-state index in [0.29, 0.717) is 5.92 Å². The van der Waals surface area contributed by atoms with Gasteiger partial charge in [-0.1, -0.05) is 37.5 Å². The van der Waals surface area contributed by atoms with Gasteiger partial charge in [0, 0.05) is 11.6 Å². The number of aliphatic hydroxyl groups excluding tert-OH is 1. The van der Waals surface area contributed by atoms with Crippen molar-refractivity contribution in [2.75, 3.05) is 0 Å². The first-order chi connectivity index (χ1) is 9.34. The summed E-state index contributed by atoms with van der Waals surface area (Å²) in [6, 6.07) is 10.4. The predicted octanol–water partition coefficient (Wildman–Crippen LogP) is 3.72. The lowest BCUT2D eigenvalue weighted by Crippen LogP contribution is -2.21. The molecule has 2 aromatic rings. The van der Waals surface area contributed by atoms with Gasteiger partial charge in [0.2, 0.25) is 0 Å². The third-order valence-corrected chi connectivity index (χ3v) is 4.34. The van der Waals surface area contributed by atoms with Crippen molar-refractivity contribution in [1.82, 2.24) is 4.98 Å². The molecule has 1 heterocycles. The average Bonchev–Trinajstić information content (AvgIpc) is 2.65. The summed E-state index contributed by atoms with van der Waals surface area (Å²) < 4.78 is 0. The van der Waals surface area contributed by atoms with Gasteiger partial charge in [-0.05, 0) is 42.9 Å². The van der Waals surface area contributed by atoms with E-state index in [-0.39, 0.29) is 6.10 Å². The molecule has 1 fully saturated rings. The molecule has 2 atom stereocenters. The number of hydrogen-bond acceptors (Lipinski definition) is 2. The molecule has 2 nitrogen and oxygen atoms in total. The summed E-state index contributed by atoms with van der Waals surface area (Å²) in [7, 11) is 0. The number of rotatable bonds is 2. The average molecular weight is 255 g/mol. The van der Waals surface area contributed by atoms with Crippen molar-refractivity contribution < 1.29 is 5.11 Å². The van der Waals surface area contributed by atoms with Gasteiger partial charge in [0.05, 0.1) is 11.6 Å². The molecule has 0 bridgehead atoms. The van der Waals surface area contributed by atoms with E-state index in [9.17, 15) is 5.11 Å². The predicted molar refractivity (Wildman–Crippen MR) is 78.0 cm³/mol. The van der Waals surface area contributed by atoms with Crippen LogP contribution in [0, 0.1) is 5.92 Å². The van der Waals surface area contributed by atoms with Gasteiger partial charge < -0.3 is 5.11 Å². The zero-order valence-corrected chi connectivity index (χ0v) is 11.3. The molecule has 1 aliphatic rings. The molecule has 1 aromatic carbocycles. The summed E-state index contributed by atoms with van der Waals surface area (Å²) in [6.07, 6.45) is 8.55. The molecule has 2 heteroatoms. The van der Waals surface area contributed by atoms with Gasteiger partial charge >= 0.3 is 0 Å². The second-order valence-electron chi connectivity index (χ2n) is 5.66. The van der Waals surface area contributed by atoms with Crippen molar-refractivity contribution in [3.8, 4) is 0 Å². The summed E-state index contributed by atoms with van der Waals surface area (Å²) in [5, 5.41) is 11.5. The molecular formula is C17H21NO. The van der Waals surface area contributed by atoms with Crippen molar-refractivity contribution in [1.29, 1.82) is 0 Å². The third kappa shape index (κ3) is 2.79. The highest BCUT2D eigenvalue weighted by Crippen LogP contribution is 2.28. The molecule has 100 valence electrons. The van der Waals surface area contributed by atoms with Gasteiger partial charge in [0.15, 0.2) is 0 Å². The number of nitrogens with zero attached hydrogens (tertiary/aromatic N) is 1. The summed E-state index contributed by atoms with van der Waals surface area (Å²) in [5.41, 5.74) is 2.39. The molecule has 0 spiro atoms. The van der Waals surface area contributed by atoms with E-state index in [1.54, 1.807) is 0 Å². The van der Waals surface area contributed by atoms with Gasteiger partial charge in [-0.25, -0.2) is 0 Å². The number of aromatic nitrogens is 1. The van der Waals surface area contributed by atoms with Crippen LogP contribution in [0.25, 0.3) is 10.9 Å². The molecule has 1 aromatic heterocycles. The fourth-order valence-electron chi connectivity index (χ4n) is 3.22. The lowest BCUT2D eigenvalue weighted by Gasteiger charge is -2.21. The van der Waals surface area contributed by atoms with Crippen molar-refractivity contribution in [2.45, 2.75) is 44.6 Å². The van der Waals surface area contributed by atoms with Crippen molar-refractivity contribution >= 4 is 10.9 Å². The molecule has 0 radical (unpaired) electrons. The molecule has 1 aliphatic carbocycles. The smallest absolute Gasteiger partial charge is 0.0704 e. The quantitative estimate of drug-likeness (QED) is 0.830. The minimum Gasteiger partial charge on any atom is -0.393 e. The summed E-state index contributed by atoms with van der Waals surface area (Å²) in [4.78, 5) is 4.41. The molecule has 3 rings (SSSR count). The fraction of sp³-hybridized carbons (Fsp3) is 0.471. The molecule has 1 saturated carbocycles. The SMILES string of the molecule is OC1CCCCCC1Cc1ccnc2ccccc12. The van der Waals surface area contributed by atoms with Crippen LogP contribution in [0.4, 0.5) is 0 Å². The second kappa shape index (κ2) is 5.70. The number of fused-ring (bicyclic) bond motifs is 1. The van der Waals surface area contributed by atoms with Crippen LogP contribution in [0.1, 0.15) is 37.7 Å². The van der Waals surface area contributed by atoms with Crippen LogP contribution in [0.15, 0.2) is 36.5 Å². The highest BCUT2D eigenvalue weighted by molar-refractivity contribution is 5.81. The number of pyridine rings is 1. The van der Waals surface area contributed by atoms with E-state index >= 15 is 0 Å². The first-order valence-electron chi connectivity index (χ1n) is 7.35. The maximum absolute atomic E-state index is 10.3. The first kappa shape index (κ1) is 12.6. The van der Waals surface area contributed by atoms with Crippen molar-refractivity contribution in [3.63, 3.8) is 0 Å². The van der Waals surface area contributed by atoms with Gasteiger partial charge in [0.1, 0.15) is 0 Å². The zero-order chi connectivity index (χ0) is 13.1. The minimum atomic E-state index is -0.130. The van der Waals surface area contributed by atoms with E-state index in [2.05, 4.69) is 29.2 Å². The van der Waals surface area contributed by atoms with E-state index in [0.717, 1.165) is 24.8 Å². The zero-order valence-electron chi connectivity index (χ0n) is 11.3. The maximum Gasteiger partial charge on any atom is 0.0704 e. The van der Waals surface area contributed by atoms with E-state index in [1.807, 2.05) is 12.3 Å². The van der Waals surface area contributed by atoms with E-state index in [4.69, 9.17) is 0 Å². The number of aliphatic hydroxyl groups is 1. The molecule has 0 saturated heterocycles. The second-order valence-corrected chi connectivity index (χ2v) is 5.66. The molecule has 1 N–H and O–H groups in total. The monoisotopic (exact) mass is 255 g/mol. The molecule has 0 aliphatic heterocycles. The highest BCUT2D eigenvalue weighted by Gasteiger charge is 2.22. The normalized spacial score (nSPS) is 24.3. The van der Waals surface area contributed by atoms with Crippen LogP contribution in [0.2, 0.25) is 0 Å². The maximum atomic E-state index is 10.3. The Morgan fingerprint density at radius 3 is 2.84 bits per heavy atom. The Labute approximate surface area is 114 Å². The number of para-hydroxylation sites is 1. The van der Waals surface area contributed by atoms with Crippen LogP contribution in [0.3, 0.4) is 0 Å². The Balaban J connectivity index is 1.88. The van der Waals surface area contributed by atoms with Crippen LogP contribution in [0.5, 0.6) is 0 Å². The standard InChI is InChI=1S/C17H21NO/c19-17-9-3-1-2-6-14(17)12-13-10-11-18-16-8-5-4-7-15(13)16/h4-5,7-8,10-11,14,17,19H,1-3,6,9,12H2. The Morgan fingerprint density at radius 2 is 1.89 bits per heavy atom. The largest absolute Gasteiger partial charge is 0.393 e. The van der Waals surface area contributed by atoms with Gasteiger partial charge in [0.25, 0.3) is 0 Å². The number of hydrogen-bond donors (Lipinski definition) is 1. The third-order valence-electron chi connectivity index (χ3n) is 4.34. The van der Waals surface area contributed by atoms with Crippen LogP contribution >= 0.6 is 0 Å². The summed E-state index contributed by atoms with van der Waals surface area (Å²) in [5.74, 6) is 0.410. The molecular weight excluding hydrogens is 234 g/mol. The van der Waals surface area contributed by atoms with Crippen LogP contribution < -0.4 is 0 Å². The molecule has 2 unspecified atom stereocenters. The summed E-state index contributed by atoms with van der Waals surface area (Å²) >= 11 is 0. The van der Waals surface area contributed by atoms with Crippen LogP contribution in [-0.4, -0.2) is 16.2 Å². The summed E-state index contributed by atoms with van der Waals surface area (Å²) in [6.45, 7) is 0. The van der Waals surface area contributed by atoms with E-state index < -0.39 is 0 Å². The Hall–Kier alpha value is -1.41. The lowest BCUT2D eigenvalue weighted by atomic mass is 9.89. The van der Waals surface area contributed by atoms with Crippen LogP contribution in [-0.2, 0) is 6.42 Å². The van der Waals surface area contributed by atoms with Crippen molar-refractivity contribution in [2.24, 2.45) is 5.92 Å².